The van der Waals surface area contributed by atoms with Gasteiger partial charge in [-0.2, -0.15) is 0 Å². The highest BCUT2D eigenvalue weighted by Crippen LogP contribution is 2.22. The summed E-state index contributed by atoms with van der Waals surface area (Å²) in [5.74, 6) is 0.0360. The topological polar surface area (TPSA) is 62.2 Å². The van der Waals surface area contributed by atoms with Gasteiger partial charge in [-0.15, -0.1) is 0 Å². The van der Waals surface area contributed by atoms with Crippen LogP contribution in [0.15, 0.2) is 30.3 Å². The fourth-order valence-electron chi connectivity index (χ4n) is 2.21. The van der Waals surface area contributed by atoms with Crippen molar-refractivity contribution >= 4 is 28.4 Å². The number of halogens is 1. The molecule has 112 valence electrons. The molecule has 1 heterocycles. The Labute approximate surface area is 129 Å². The van der Waals surface area contributed by atoms with Crippen LogP contribution in [0.25, 0.3) is 10.9 Å². The Balaban J connectivity index is 2.12. The molecule has 0 radical (unpaired) electrons. The average Bonchev–Trinajstić information content (AvgIpc) is 2.51. The third kappa shape index (κ3) is 3.93. The van der Waals surface area contributed by atoms with Gasteiger partial charge in [0, 0.05) is 18.5 Å². The van der Waals surface area contributed by atoms with E-state index in [0.29, 0.717) is 29.2 Å². The van der Waals surface area contributed by atoms with E-state index < -0.39 is 0 Å². The number of rotatable bonds is 6. The summed E-state index contributed by atoms with van der Waals surface area (Å²) in [4.78, 5) is 16.5. The van der Waals surface area contributed by atoms with E-state index in [1.54, 1.807) is 6.07 Å². The second kappa shape index (κ2) is 7.38. The predicted octanol–water partition coefficient (Wildman–Crippen LogP) is 3.03. The Morgan fingerprint density at radius 3 is 2.90 bits per heavy atom. The molecule has 1 unspecified atom stereocenters. The molecule has 0 bridgehead atoms. The molecule has 2 N–H and O–H groups in total. The Morgan fingerprint density at radius 1 is 1.43 bits per heavy atom. The SMILES string of the molecule is CCC(CCO)CNC(=O)c1cc(Cl)c2ccccc2n1. The summed E-state index contributed by atoms with van der Waals surface area (Å²) in [7, 11) is 0. The van der Waals surface area contributed by atoms with E-state index in [0.717, 1.165) is 11.8 Å². The number of pyridine rings is 1. The number of carbonyl (C=O) groups is 1. The quantitative estimate of drug-likeness (QED) is 0.862. The van der Waals surface area contributed by atoms with Gasteiger partial charge in [0.25, 0.3) is 5.91 Å². The maximum Gasteiger partial charge on any atom is 0.269 e. The monoisotopic (exact) mass is 306 g/mol. The molecule has 0 fully saturated rings. The number of nitrogens with zero attached hydrogens (tertiary/aromatic N) is 1. The van der Waals surface area contributed by atoms with E-state index in [1.165, 1.54) is 0 Å². The van der Waals surface area contributed by atoms with Gasteiger partial charge in [-0.05, 0) is 24.5 Å². The smallest absolute Gasteiger partial charge is 0.269 e. The minimum atomic E-state index is -0.237. The van der Waals surface area contributed by atoms with Gasteiger partial charge in [0.2, 0.25) is 0 Å². The van der Waals surface area contributed by atoms with Crippen molar-refractivity contribution in [2.24, 2.45) is 5.92 Å². The van der Waals surface area contributed by atoms with Crippen molar-refractivity contribution in [3.05, 3.63) is 41.0 Å². The Morgan fingerprint density at radius 2 is 2.19 bits per heavy atom. The molecule has 21 heavy (non-hydrogen) atoms. The van der Waals surface area contributed by atoms with Gasteiger partial charge in [0.05, 0.1) is 10.5 Å². The summed E-state index contributed by atoms with van der Waals surface area (Å²) in [6.07, 6.45) is 1.59. The molecule has 0 aliphatic carbocycles. The lowest BCUT2D eigenvalue weighted by atomic mass is 10.0. The molecule has 2 rings (SSSR count). The number of aromatic nitrogens is 1. The zero-order chi connectivity index (χ0) is 15.2. The standard InChI is InChI=1S/C16H19ClN2O2/c1-2-11(7-8-20)10-18-16(21)15-9-13(17)12-5-3-4-6-14(12)19-15/h3-6,9,11,20H,2,7-8,10H2,1H3,(H,18,21). The molecular formula is C16H19ClN2O2. The molecule has 1 amide bonds. The number of hydrogen-bond donors (Lipinski definition) is 2. The molecule has 2 aromatic rings. The van der Waals surface area contributed by atoms with Crippen LogP contribution < -0.4 is 5.32 Å². The fraction of sp³-hybridized carbons (Fsp3) is 0.375. The highest BCUT2D eigenvalue weighted by molar-refractivity contribution is 6.35. The van der Waals surface area contributed by atoms with Gasteiger partial charge in [-0.3, -0.25) is 4.79 Å². The lowest BCUT2D eigenvalue weighted by Crippen LogP contribution is -2.30. The van der Waals surface area contributed by atoms with Crippen LogP contribution in [0, 0.1) is 5.92 Å². The normalized spacial score (nSPS) is 12.3. The van der Waals surface area contributed by atoms with Crippen molar-refractivity contribution in [2.45, 2.75) is 19.8 Å². The van der Waals surface area contributed by atoms with Gasteiger partial charge in [-0.1, -0.05) is 43.1 Å². The number of hydrogen-bond acceptors (Lipinski definition) is 3. The van der Waals surface area contributed by atoms with E-state index in [9.17, 15) is 4.79 Å². The highest BCUT2D eigenvalue weighted by atomic mass is 35.5. The second-order valence-electron chi connectivity index (χ2n) is 5.00. The van der Waals surface area contributed by atoms with Crippen molar-refractivity contribution < 1.29 is 9.90 Å². The number of carbonyl (C=O) groups excluding carboxylic acids is 1. The van der Waals surface area contributed by atoms with Crippen LogP contribution in [0.1, 0.15) is 30.3 Å². The number of benzene rings is 1. The number of amides is 1. The van der Waals surface area contributed by atoms with Gasteiger partial charge in [0.1, 0.15) is 5.69 Å². The maximum atomic E-state index is 12.2. The first kappa shape index (κ1) is 15.7. The van der Waals surface area contributed by atoms with Crippen LogP contribution in [0.4, 0.5) is 0 Å². The number of nitrogens with one attached hydrogen (secondary N) is 1. The second-order valence-corrected chi connectivity index (χ2v) is 5.41. The average molecular weight is 307 g/mol. The van der Waals surface area contributed by atoms with E-state index >= 15 is 0 Å². The molecule has 0 aliphatic rings. The highest BCUT2D eigenvalue weighted by Gasteiger charge is 2.13. The number of aliphatic hydroxyl groups excluding tert-OH is 1. The van der Waals surface area contributed by atoms with Crippen LogP contribution in [0.2, 0.25) is 5.02 Å². The molecule has 1 aromatic heterocycles. The molecule has 1 atom stereocenters. The summed E-state index contributed by atoms with van der Waals surface area (Å²) in [6.45, 7) is 2.70. The lowest BCUT2D eigenvalue weighted by molar-refractivity contribution is 0.0939. The molecule has 4 nitrogen and oxygen atoms in total. The van der Waals surface area contributed by atoms with Crippen molar-refractivity contribution in [2.75, 3.05) is 13.2 Å². The van der Waals surface area contributed by atoms with Crippen molar-refractivity contribution in [3.8, 4) is 0 Å². The number of fused-ring (bicyclic) bond motifs is 1. The zero-order valence-corrected chi connectivity index (χ0v) is 12.7. The van der Waals surface area contributed by atoms with E-state index in [1.807, 2.05) is 31.2 Å². The molecule has 1 aromatic carbocycles. The maximum absolute atomic E-state index is 12.2. The molecule has 0 aliphatic heterocycles. The summed E-state index contributed by atoms with van der Waals surface area (Å²) in [6, 6.07) is 9.05. The molecule has 5 heteroatoms. The van der Waals surface area contributed by atoms with E-state index in [-0.39, 0.29) is 18.4 Å². The molecule has 0 spiro atoms. The first-order valence-electron chi connectivity index (χ1n) is 7.10. The summed E-state index contributed by atoms with van der Waals surface area (Å²) >= 11 is 6.19. The molecular weight excluding hydrogens is 288 g/mol. The zero-order valence-electron chi connectivity index (χ0n) is 12.0. The van der Waals surface area contributed by atoms with Gasteiger partial charge in [-0.25, -0.2) is 4.98 Å². The summed E-state index contributed by atoms with van der Waals surface area (Å²) in [5.41, 5.74) is 1.02. The van der Waals surface area contributed by atoms with Crippen molar-refractivity contribution in [1.29, 1.82) is 0 Å². The number of aliphatic hydroxyl groups is 1. The first-order valence-corrected chi connectivity index (χ1v) is 7.47. The number of para-hydroxylation sites is 1. The minimum Gasteiger partial charge on any atom is -0.396 e. The minimum absolute atomic E-state index is 0.133. The third-order valence-electron chi connectivity index (χ3n) is 3.56. The Kier molecular flexibility index (Phi) is 5.53. The van der Waals surface area contributed by atoms with Crippen molar-refractivity contribution in [1.82, 2.24) is 10.3 Å². The van der Waals surface area contributed by atoms with E-state index in [4.69, 9.17) is 16.7 Å². The van der Waals surface area contributed by atoms with Crippen LogP contribution in [0.3, 0.4) is 0 Å². The third-order valence-corrected chi connectivity index (χ3v) is 3.88. The Bertz CT molecular complexity index is 631. The van der Waals surface area contributed by atoms with Crippen LogP contribution in [-0.2, 0) is 0 Å². The van der Waals surface area contributed by atoms with Crippen LogP contribution in [0.5, 0.6) is 0 Å². The van der Waals surface area contributed by atoms with Gasteiger partial charge in [0.15, 0.2) is 0 Å². The fourth-order valence-corrected chi connectivity index (χ4v) is 2.47. The Hall–Kier alpha value is -1.65. The molecule has 0 saturated heterocycles. The predicted molar refractivity (Wildman–Crippen MR) is 84.6 cm³/mol. The first-order chi connectivity index (χ1) is 10.2. The molecule has 0 saturated carbocycles. The van der Waals surface area contributed by atoms with Gasteiger partial charge >= 0.3 is 0 Å². The van der Waals surface area contributed by atoms with Gasteiger partial charge < -0.3 is 10.4 Å². The van der Waals surface area contributed by atoms with Crippen LogP contribution >= 0.6 is 11.6 Å². The van der Waals surface area contributed by atoms with Crippen LogP contribution in [-0.4, -0.2) is 29.1 Å². The largest absolute Gasteiger partial charge is 0.396 e. The van der Waals surface area contributed by atoms with E-state index in [2.05, 4.69) is 10.3 Å². The van der Waals surface area contributed by atoms with Crippen molar-refractivity contribution in [3.63, 3.8) is 0 Å². The summed E-state index contributed by atoms with van der Waals surface area (Å²) in [5, 5.41) is 13.2. The summed E-state index contributed by atoms with van der Waals surface area (Å²) < 4.78 is 0. The lowest BCUT2D eigenvalue weighted by Gasteiger charge is -2.14.